The first-order valence-corrected chi connectivity index (χ1v) is 29.8. The molecule has 0 saturated heterocycles. The first kappa shape index (κ1) is 57.3. The zero-order chi connectivity index (χ0) is 49.5. The Morgan fingerprint density at radius 2 is 1.13 bits per heavy atom. The lowest BCUT2D eigenvalue weighted by molar-refractivity contribution is -0.438. The molecule has 390 valence electrons. The molecular formula is C65H104N3O2+. The Balaban J connectivity index is 0.966. The monoisotopic (exact) mass is 959 g/mol. The maximum Gasteiger partial charge on any atom is 0.407 e. The van der Waals surface area contributed by atoms with E-state index in [4.69, 9.17) is 4.74 Å². The van der Waals surface area contributed by atoms with Gasteiger partial charge in [-0.05, 0) is 82.9 Å². The van der Waals surface area contributed by atoms with Gasteiger partial charge in [0, 0.05) is 54.0 Å². The molecular weight excluding hydrogens is 855 g/mol. The second kappa shape index (κ2) is 33.2. The predicted molar refractivity (Wildman–Crippen MR) is 303 cm³/mol. The summed E-state index contributed by atoms with van der Waals surface area (Å²) in [5.74, 6) is 0. The first-order valence-electron chi connectivity index (χ1n) is 29.8. The third-order valence-corrected chi connectivity index (χ3v) is 16.2. The zero-order valence-electron chi connectivity index (χ0n) is 46.0. The lowest BCUT2D eigenvalue weighted by Crippen LogP contribution is -2.30. The molecule has 1 amide bonds. The number of carbonyl (C=O) groups is 1. The summed E-state index contributed by atoms with van der Waals surface area (Å²) in [7, 11) is 0. The summed E-state index contributed by atoms with van der Waals surface area (Å²) in [4.78, 5) is 14.8. The van der Waals surface area contributed by atoms with Gasteiger partial charge in [-0.15, -0.1) is 0 Å². The Kier molecular flexibility index (Phi) is 27.2. The SMILES string of the molecule is CCCCCCCCCCCCCCCCN1/C(=C\C=C\C2=[N+](CCCCCCCCCCCCCCCCCNC(=O)OC3CC/C=C/CCC3)c3ccccc3C2(C)C)C(C)(C)c2ccccc21. The van der Waals surface area contributed by atoms with Crippen molar-refractivity contribution in [1.82, 2.24) is 5.32 Å². The van der Waals surface area contributed by atoms with E-state index in [1.165, 1.54) is 214 Å². The summed E-state index contributed by atoms with van der Waals surface area (Å²) in [6, 6.07) is 18.3. The molecule has 0 radical (unpaired) electrons. The average molecular weight is 960 g/mol. The standard InChI is InChI=1S/C65H103N3O2/c1-6-7-8-9-10-11-12-13-18-21-24-27-33-42-54-67-59-49-39-37-47-57(59)64(2,3)61(67)51-44-52-62-65(4,5)58-48-38-40-50-60(58)68(62)55-43-34-28-25-22-19-16-14-15-17-20-23-26-32-41-53-66-63(69)70-56-45-35-30-29-31-36-46-56/h29-30,37-40,44,47-52,56H,6-28,31-36,41-43,45-46,53-55H2,1-5H3/p+1/b30-29+. The number of carbonyl (C=O) groups excluding carboxylic acids is 1. The van der Waals surface area contributed by atoms with Crippen LogP contribution in [0.3, 0.4) is 0 Å². The fraction of sp³-hybridized carbons (Fsp3) is 0.692. The highest BCUT2D eigenvalue weighted by Gasteiger charge is 2.44. The van der Waals surface area contributed by atoms with Gasteiger partial charge in [0.15, 0.2) is 5.71 Å². The fourth-order valence-electron chi connectivity index (χ4n) is 11.8. The number of anilines is 1. The summed E-state index contributed by atoms with van der Waals surface area (Å²) in [5.41, 5.74) is 8.53. The number of nitrogens with one attached hydrogen (secondary N) is 1. The Bertz CT molecular complexity index is 1880. The summed E-state index contributed by atoms with van der Waals surface area (Å²) < 4.78 is 8.31. The molecule has 0 saturated carbocycles. The molecule has 2 heterocycles. The zero-order valence-corrected chi connectivity index (χ0v) is 46.0. The van der Waals surface area contributed by atoms with Crippen LogP contribution in [0.2, 0.25) is 0 Å². The minimum atomic E-state index is -0.222. The number of nitrogens with zero attached hydrogens (tertiary/aromatic N) is 2. The van der Waals surface area contributed by atoms with Gasteiger partial charge in [-0.25, -0.2) is 4.79 Å². The molecule has 2 aromatic carbocycles. The summed E-state index contributed by atoms with van der Waals surface area (Å²) >= 11 is 0. The van der Waals surface area contributed by atoms with E-state index in [1.54, 1.807) is 0 Å². The molecule has 5 rings (SSSR count). The van der Waals surface area contributed by atoms with E-state index in [9.17, 15) is 4.79 Å². The highest BCUT2D eigenvalue weighted by molar-refractivity contribution is 6.03. The molecule has 70 heavy (non-hydrogen) atoms. The third-order valence-electron chi connectivity index (χ3n) is 16.2. The van der Waals surface area contributed by atoms with Crippen LogP contribution >= 0.6 is 0 Å². The first-order chi connectivity index (χ1) is 34.2. The van der Waals surface area contributed by atoms with Crippen LogP contribution in [0.15, 0.2) is 84.6 Å². The lowest BCUT2D eigenvalue weighted by Gasteiger charge is -2.27. The van der Waals surface area contributed by atoms with Crippen LogP contribution in [0, 0.1) is 0 Å². The topological polar surface area (TPSA) is 44.6 Å². The van der Waals surface area contributed by atoms with Crippen LogP contribution in [0.4, 0.5) is 16.2 Å². The fourth-order valence-corrected chi connectivity index (χ4v) is 11.8. The molecule has 1 atom stereocenters. The van der Waals surface area contributed by atoms with Gasteiger partial charge < -0.3 is 15.0 Å². The number of amides is 1. The number of para-hydroxylation sites is 2. The summed E-state index contributed by atoms with van der Waals surface area (Å²) in [6.45, 7) is 14.9. The molecule has 0 fully saturated rings. The molecule has 1 aliphatic carbocycles. The molecule has 3 aliphatic rings. The minimum absolute atomic E-state index is 0.0263. The third kappa shape index (κ3) is 19.4. The van der Waals surface area contributed by atoms with Crippen molar-refractivity contribution in [2.24, 2.45) is 0 Å². The summed E-state index contributed by atoms with van der Waals surface area (Å²) in [6.07, 6.45) is 56.1. The van der Waals surface area contributed by atoms with Crippen molar-refractivity contribution in [1.29, 1.82) is 0 Å². The van der Waals surface area contributed by atoms with Crippen LogP contribution in [-0.2, 0) is 15.6 Å². The Hall–Kier alpha value is -3.60. The van der Waals surface area contributed by atoms with E-state index < -0.39 is 0 Å². The second-order valence-corrected chi connectivity index (χ2v) is 22.7. The summed E-state index contributed by atoms with van der Waals surface area (Å²) in [5, 5.41) is 2.98. The largest absolute Gasteiger partial charge is 0.446 e. The van der Waals surface area contributed by atoms with E-state index in [0.29, 0.717) is 0 Å². The van der Waals surface area contributed by atoms with Crippen molar-refractivity contribution >= 4 is 23.2 Å². The Morgan fingerprint density at radius 1 is 0.614 bits per heavy atom. The van der Waals surface area contributed by atoms with Crippen molar-refractivity contribution in [2.45, 2.75) is 270 Å². The van der Waals surface area contributed by atoms with Gasteiger partial charge in [-0.2, -0.15) is 4.58 Å². The van der Waals surface area contributed by atoms with Gasteiger partial charge in [0.05, 0.1) is 5.41 Å². The second-order valence-electron chi connectivity index (χ2n) is 22.7. The Labute approximate surface area is 430 Å². The van der Waals surface area contributed by atoms with E-state index >= 15 is 0 Å². The average Bonchev–Trinajstić information content (AvgIpc) is 3.69. The van der Waals surface area contributed by atoms with Crippen molar-refractivity contribution in [2.75, 3.05) is 24.5 Å². The Morgan fingerprint density at radius 3 is 1.74 bits per heavy atom. The minimum Gasteiger partial charge on any atom is -0.446 e. The van der Waals surface area contributed by atoms with Crippen molar-refractivity contribution in [3.05, 3.63) is 95.7 Å². The number of hydrogen-bond donors (Lipinski definition) is 1. The van der Waals surface area contributed by atoms with E-state index in [-0.39, 0.29) is 23.0 Å². The van der Waals surface area contributed by atoms with Gasteiger partial charge in [0.2, 0.25) is 5.69 Å². The molecule has 5 heteroatoms. The van der Waals surface area contributed by atoms with Crippen LogP contribution < -0.4 is 10.2 Å². The highest BCUT2D eigenvalue weighted by atomic mass is 16.6. The maximum absolute atomic E-state index is 12.2. The van der Waals surface area contributed by atoms with Crippen LogP contribution in [0.5, 0.6) is 0 Å². The van der Waals surface area contributed by atoms with Crippen LogP contribution in [-0.4, -0.2) is 42.1 Å². The lowest BCUT2D eigenvalue weighted by atomic mass is 9.81. The molecule has 0 spiro atoms. The number of hydrogen-bond acceptors (Lipinski definition) is 3. The normalized spacial score (nSPS) is 18.3. The number of alkyl carbamates (subject to hydrolysis) is 1. The number of unbranched alkanes of at least 4 members (excludes halogenated alkanes) is 27. The smallest absolute Gasteiger partial charge is 0.407 e. The number of benzene rings is 2. The number of allylic oxidation sites excluding steroid dienone is 6. The molecule has 0 aromatic heterocycles. The maximum atomic E-state index is 12.2. The predicted octanol–water partition coefficient (Wildman–Crippen LogP) is 19.2. The van der Waals surface area contributed by atoms with Crippen molar-refractivity contribution in [3.63, 3.8) is 0 Å². The highest BCUT2D eigenvalue weighted by Crippen LogP contribution is 2.48. The van der Waals surface area contributed by atoms with E-state index in [2.05, 4.69) is 128 Å². The van der Waals surface area contributed by atoms with Gasteiger partial charge in [-0.3, -0.25) is 0 Å². The van der Waals surface area contributed by atoms with Crippen molar-refractivity contribution in [3.8, 4) is 0 Å². The van der Waals surface area contributed by atoms with Gasteiger partial charge in [0.1, 0.15) is 12.6 Å². The van der Waals surface area contributed by atoms with Gasteiger partial charge >= 0.3 is 6.09 Å². The molecule has 5 nitrogen and oxygen atoms in total. The van der Waals surface area contributed by atoms with E-state index in [1.807, 2.05) is 0 Å². The van der Waals surface area contributed by atoms with E-state index in [0.717, 1.165) is 58.2 Å². The molecule has 1 N–H and O–H groups in total. The number of fused-ring (bicyclic) bond motifs is 2. The van der Waals surface area contributed by atoms with Crippen LogP contribution in [0.25, 0.3) is 0 Å². The molecule has 1 unspecified atom stereocenters. The quantitative estimate of drug-likeness (QED) is 0.0420. The van der Waals surface area contributed by atoms with Crippen LogP contribution in [0.1, 0.15) is 264 Å². The molecule has 2 aromatic rings. The number of rotatable bonds is 36. The van der Waals surface area contributed by atoms with Gasteiger partial charge in [0.25, 0.3) is 0 Å². The van der Waals surface area contributed by atoms with Gasteiger partial charge in [-0.1, -0.05) is 236 Å². The molecule has 2 aliphatic heterocycles. The van der Waals surface area contributed by atoms with Crippen molar-refractivity contribution < 1.29 is 14.1 Å². The number of ether oxygens (including phenoxy) is 1. The molecule has 0 bridgehead atoms.